The van der Waals surface area contributed by atoms with E-state index in [1.54, 1.807) is 0 Å². The standard InChI is InChI=1S/C16H13ClOS/c1-10-6-7-13(12-5-3-2-4-11(10)12)16(18)14-8-9-15(17)19-14/h2-9,16,18H,1H3. The monoisotopic (exact) mass is 288 g/mol. The van der Waals surface area contributed by atoms with Crippen LogP contribution in [0.4, 0.5) is 0 Å². The highest BCUT2D eigenvalue weighted by Gasteiger charge is 2.15. The molecule has 1 atom stereocenters. The van der Waals surface area contributed by atoms with Crippen LogP contribution in [0.2, 0.25) is 4.34 Å². The first-order valence-electron chi connectivity index (χ1n) is 6.08. The van der Waals surface area contributed by atoms with E-state index in [2.05, 4.69) is 25.1 Å². The number of rotatable bonds is 2. The average molecular weight is 289 g/mol. The maximum absolute atomic E-state index is 10.5. The van der Waals surface area contributed by atoms with Gasteiger partial charge in [0.2, 0.25) is 0 Å². The molecule has 1 heterocycles. The molecule has 0 spiro atoms. The van der Waals surface area contributed by atoms with Crippen molar-refractivity contribution in [2.45, 2.75) is 13.0 Å². The molecule has 3 aromatic rings. The molecule has 0 amide bonds. The van der Waals surface area contributed by atoms with Crippen LogP contribution < -0.4 is 0 Å². The van der Waals surface area contributed by atoms with Crippen LogP contribution in [-0.2, 0) is 0 Å². The van der Waals surface area contributed by atoms with Gasteiger partial charge in [0.05, 0.1) is 4.34 Å². The van der Waals surface area contributed by atoms with Gasteiger partial charge in [0, 0.05) is 4.88 Å². The highest BCUT2D eigenvalue weighted by atomic mass is 35.5. The average Bonchev–Trinajstić information content (AvgIpc) is 2.86. The van der Waals surface area contributed by atoms with Crippen LogP contribution in [0.1, 0.15) is 22.1 Å². The van der Waals surface area contributed by atoms with E-state index < -0.39 is 6.10 Å². The van der Waals surface area contributed by atoms with Gasteiger partial charge in [0.1, 0.15) is 6.10 Å². The van der Waals surface area contributed by atoms with Crippen molar-refractivity contribution in [3.05, 3.63) is 68.9 Å². The van der Waals surface area contributed by atoms with Crippen LogP contribution in [0.25, 0.3) is 10.8 Å². The van der Waals surface area contributed by atoms with Gasteiger partial charge in [-0.2, -0.15) is 0 Å². The summed E-state index contributed by atoms with van der Waals surface area (Å²) in [5.41, 5.74) is 2.15. The Kier molecular flexibility index (Phi) is 3.31. The van der Waals surface area contributed by atoms with Gasteiger partial charge in [-0.05, 0) is 41.0 Å². The quantitative estimate of drug-likeness (QED) is 0.708. The number of thiophene rings is 1. The highest BCUT2D eigenvalue weighted by Crippen LogP contribution is 2.34. The minimum atomic E-state index is -0.622. The molecule has 1 aromatic heterocycles. The van der Waals surface area contributed by atoms with Crippen LogP contribution in [-0.4, -0.2) is 5.11 Å². The van der Waals surface area contributed by atoms with Crippen LogP contribution in [0.5, 0.6) is 0 Å². The molecule has 0 aliphatic heterocycles. The molecule has 0 fully saturated rings. The summed E-state index contributed by atoms with van der Waals surface area (Å²) in [5.74, 6) is 0. The number of hydrogen-bond acceptors (Lipinski definition) is 2. The molecule has 0 saturated heterocycles. The first-order chi connectivity index (χ1) is 9.16. The summed E-state index contributed by atoms with van der Waals surface area (Å²) in [4.78, 5) is 0.874. The molecule has 0 saturated carbocycles. The maximum Gasteiger partial charge on any atom is 0.114 e. The summed E-state index contributed by atoms with van der Waals surface area (Å²) in [6.45, 7) is 2.08. The van der Waals surface area contributed by atoms with E-state index in [-0.39, 0.29) is 0 Å². The second-order valence-electron chi connectivity index (χ2n) is 4.56. The lowest BCUT2D eigenvalue weighted by atomic mass is 9.96. The molecule has 19 heavy (non-hydrogen) atoms. The lowest BCUT2D eigenvalue weighted by Crippen LogP contribution is -1.98. The second kappa shape index (κ2) is 4.97. The number of aliphatic hydroxyl groups excluding tert-OH is 1. The summed E-state index contributed by atoms with van der Waals surface area (Å²) in [5, 5.41) is 12.8. The fraction of sp³-hybridized carbons (Fsp3) is 0.125. The van der Waals surface area contributed by atoms with Crippen molar-refractivity contribution in [3.8, 4) is 0 Å². The topological polar surface area (TPSA) is 20.2 Å². The zero-order valence-electron chi connectivity index (χ0n) is 10.4. The third kappa shape index (κ3) is 2.27. The minimum absolute atomic E-state index is 0.622. The zero-order chi connectivity index (χ0) is 13.4. The van der Waals surface area contributed by atoms with Crippen molar-refractivity contribution in [3.63, 3.8) is 0 Å². The highest BCUT2D eigenvalue weighted by molar-refractivity contribution is 7.16. The molecule has 3 heteroatoms. The molecule has 0 bridgehead atoms. The van der Waals surface area contributed by atoms with Crippen LogP contribution in [0.15, 0.2) is 48.5 Å². The molecule has 2 aromatic carbocycles. The van der Waals surface area contributed by atoms with Crippen LogP contribution in [0.3, 0.4) is 0 Å². The lowest BCUT2D eigenvalue weighted by Gasteiger charge is -2.13. The van der Waals surface area contributed by atoms with Crippen LogP contribution in [0, 0.1) is 6.92 Å². The van der Waals surface area contributed by atoms with Crippen molar-refractivity contribution in [1.29, 1.82) is 0 Å². The van der Waals surface area contributed by atoms with E-state index in [1.165, 1.54) is 22.3 Å². The summed E-state index contributed by atoms with van der Waals surface area (Å²) in [6.07, 6.45) is -0.622. The molecule has 0 radical (unpaired) electrons. The van der Waals surface area contributed by atoms with Crippen molar-refractivity contribution in [2.24, 2.45) is 0 Å². The van der Waals surface area contributed by atoms with E-state index in [1.807, 2.05) is 30.3 Å². The molecule has 1 N–H and O–H groups in total. The van der Waals surface area contributed by atoms with Gasteiger partial charge in [-0.15, -0.1) is 11.3 Å². The molecule has 0 aliphatic carbocycles. The second-order valence-corrected chi connectivity index (χ2v) is 6.31. The molecule has 3 rings (SSSR count). The first kappa shape index (κ1) is 12.7. The number of benzene rings is 2. The predicted molar refractivity (Wildman–Crippen MR) is 82.1 cm³/mol. The van der Waals surface area contributed by atoms with Gasteiger partial charge in [-0.3, -0.25) is 0 Å². The molecular weight excluding hydrogens is 276 g/mol. The van der Waals surface area contributed by atoms with Crippen molar-refractivity contribution < 1.29 is 5.11 Å². The number of halogens is 1. The summed E-state index contributed by atoms with van der Waals surface area (Å²) < 4.78 is 0.700. The van der Waals surface area contributed by atoms with E-state index in [4.69, 9.17) is 11.6 Å². The van der Waals surface area contributed by atoms with Crippen molar-refractivity contribution in [2.75, 3.05) is 0 Å². The lowest BCUT2D eigenvalue weighted by molar-refractivity contribution is 0.226. The Hall–Kier alpha value is -1.35. The van der Waals surface area contributed by atoms with Gasteiger partial charge in [0.15, 0.2) is 0 Å². The first-order valence-corrected chi connectivity index (χ1v) is 7.28. The minimum Gasteiger partial charge on any atom is -0.383 e. The molecular formula is C16H13ClOS. The number of aryl methyl sites for hydroxylation is 1. The Balaban J connectivity index is 2.18. The predicted octanol–water partition coefficient (Wildman–Crippen LogP) is 4.94. The Bertz CT molecular complexity index is 732. The number of hydrogen-bond donors (Lipinski definition) is 1. The van der Waals surface area contributed by atoms with Gasteiger partial charge >= 0.3 is 0 Å². The van der Waals surface area contributed by atoms with Gasteiger partial charge in [-0.25, -0.2) is 0 Å². The molecule has 1 nitrogen and oxygen atoms in total. The third-order valence-electron chi connectivity index (χ3n) is 3.33. The molecule has 0 aliphatic rings. The van der Waals surface area contributed by atoms with Gasteiger partial charge in [-0.1, -0.05) is 48.0 Å². The smallest absolute Gasteiger partial charge is 0.114 e. The Morgan fingerprint density at radius 3 is 2.42 bits per heavy atom. The zero-order valence-corrected chi connectivity index (χ0v) is 12.0. The summed E-state index contributed by atoms with van der Waals surface area (Å²) in [7, 11) is 0. The Labute approximate surface area is 121 Å². The molecule has 1 unspecified atom stereocenters. The fourth-order valence-corrected chi connectivity index (χ4v) is 3.41. The van der Waals surface area contributed by atoms with Gasteiger partial charge in [0.25, 0.3) is 0 Å². The molecule has 96 valence electrons. The number of aliphatic hydroxyl groups is 1. The number of fused-ring (bicyclic) bond motifs is 1. The van der Waals surface area contributed by atoms with Crippen molar-refractivity contribution in [1.82, 2.24) is 0 Å². The largest absolute Gasteiger partial charge is 0.383 e. The van der Waals surface area contributed by atoms with E-state index >= 15 is 0 Å². The van der Waals surface area contributed by atoms with Gasteiger partial charge < -0.3 is 5.11 Å². The summed E-state index contributed by atoms with van der Waals surface area (Å²) >= 11 is 7.36. The normalized spacial score (nSPS) is 12.8. The Morgan fingerprint density at radius 2 is 1.74 bits per heavy atom. The maximum atomic E-state index is 10.5. The van der Waals surface area contributed by atoms with E-state index in [0.29, 0.717) is 4.34 Å². The summed E-state index contributed by atoms with van der Waals surface area (Å²) in [6, 6.07) is 15.9. The fourth-order valence-electron chi connectivity index (χ4n) is 2.34. The Morgan fingerprint density at radius 1 is 1.00 bits per heavy atom. The van der Waals surface area contributed by atoms with E-state index in [9.17, 15) is 5.11 Å². The van der Waals surface area contributed by atoms with E-state index in [0.717, 1.165) is 15.8 Å². The third-order valence-corrected chi connectivity index (χ3v) is 4.62. The SMILES string of the molecule is Cc1ccc(C(O)c2ccc(Cl)s2)c2ccccc12. The van der Waals surface area contributed by atoms with Crippen LogP contribution >= 0.6 is 22.9 Å². The van der Waals surface area contributed by atoms with Crippen molar-refractivity contribution >= 4 is 33.7 Å².